The van der Waals surface area contributed by atoms with Crippen molar-refractivity contribution in [1.82, 2.24) is 4.31 Å². The molecule has 1 atom stereocenters. The first-order chi connectivity index (χ1) is 15.1. The van der Waals surface area contributed by atoms with Gasteiger partial charge in [-0.2, -0.15) is 4.31 Å². The number of rotatable bonds is 7. The standard InChI is InChI=1S/C19H20ClN3O7S2/c1-2-30-19(25)15-10-16(23(26)27)31-18(15)21-17(24)12-4-3-9-22(11-12)32(28,29)14-7-5-13(20)6-8-14/h5-8,10,12H,2-4,9,11H2,1H3,(H,21,24). The number of hydrogen-bond acceptors (Lipinski definition) is 8. The number of anilines is 1. The second-order valence-electron chi connectivity index (χ2n) is 6.95. The van der Waals surface area contributed by atoms with E-state index in [2.05, 4.69) is 5.32 Å². The minimum Gasteiger partial charge on any atom is -0.462 e. The molecule has 1 fully saturated rings. The molecule has 3 rings (SSSR count). The van der Waals surface area contributed by atoms with Crippen molar-refractivity contribution in [2.75, 3.05) is 25.0 Å². The molecule has 0 spiro atoms. The van der Waals surface area contributed by atoms with Gasteiger partial charge in [0.1, 0.15) is 10.6 Å². The summed E-state index contributed by atoms with van der Waals surface area (Å²) >= 11 is 6.47. The number of thiophene rings is 1. The maximum Gasteiger partial charge on any atom is 0.341 e. The topological polar surface area (TPSA) is 136 Å². The van der Waals surface area contributed by atoms with E-state index in [4.69, 9.17) is 16.3 Å². The Morgan fingerprint density at radius 1 is 1.34 bits per heavy atom. The van der Waals surface area contributed by atoms with Gasteiger partial charge in [0.15, 0.2) is 0 Å². The quantitative estimate of drug-likeness (QED) is 0.348. The van der Waals surface area contributed by atoms with Crippen LogP contribution < -0.4 is 5.32 Å². The number of amides is 1. The largest absolute Gasteiger partial charge is 0.462 e. The first-order valence-corrected chi connectivity index (χ1v) is 12.3. The van der Waals surface area contributed by atoms with Gasteiger partial charge in [0, 0.05) is 24.2 Å². The van der Waals surface area contributed by atoms with Crippen LogP contribution in [-0.2, 0) is 19.6 Å². The Hall–Kier alpha value is -2.54. The van der Waals surface area contributed by atoms with Gasteiger partial charge in [-0.3, -0.25) is 14.9 Å². The second-order valence-corrected chi connectivity index (χ2v) is 10.4. The highest BCUT2D eigenvalue weighted by molar-refractivity contribution is 7.89. The van der Waals surface area contributed by atoms with Crippen LogP contribution in [-0.4, -0.2) is 49.2 Å². The molecule has 1 saturated heterocycles. The summed E-state index contributed by atoms with van der Waals surface area (Å²) in [7, 11) is -3.82. The van der Waals surface area contributed by atoms with Gasteiger partial charge in [-0.15, -0.1) is 0 Å². The first-order valence-electron chi connectivity index (χ1n) is 9.65. The first kappa shape index (κ1) is 24.1. The van der Waals surface area contributed by atoms with Crippen molar-refractivity contribution in [2.24, 2.45) is 5.92 Å². The molecule has 1 N–H and O–H groups in total. The van der Waals surface area contributed by atoms with E-state index in [9.17, 15) is 28.1 Å². The van der Waals surface area contributed by atoms with Crippen LogP contribution in [0.2, 0.25) is 5.02 Å². The molecule has 1 aliphatic rings. The number of benzene rings is 1. The summed E-state index contributed by atoms with van der Waals surface area (Å²) in [6, 6.07) is 6.80. The minimum absolute atomic E-state index is 0.00201. The highest BCUT2D eigenvalue weighted by Gasteiger charge is 2.34. The molecule has 2 heterocycles. The zero-order valence-electron chi connectivity index (χ0n) is 16.9. The maximum atomic E-state index is 12.9. The lowest BCUT2D eigenvalue weighted by atomic mass is 9.99. The summed E-state index contributed by atoms with van der Waals surface area (Å²) in [6.45, 7) is 1.86. The lowest BCUT2D eigenvalue weighted by molar-refractivity contribution is -0.380. The molecule has 1 unspecified atom stereocenters. The van der Waals surface area contributed by atoms with Crippen LogP contribution in [0.15, 0.2) is 35.2 Å². The van der Waals surface area contributed by atoms with Crippen molar-refractivity contribution >= 4 is 54.8 Å². The minimum atomic E-state index is -3.82. The van der Waals surface area contributed by atoms with Gasteiger partial charge >= 0.3 is 11.0 Å². The van der Waals surface area contributed by atoms with E-state index in [0.717, 1.165) is 6.07 Å². The number of esters is 1. The van der Waals surface area contributed by atoms with Crippen LogP contribution in [0, 0.1) is 16.0 Å². The van der Waals surface area contributed by atoms with E-state index >= 15 is 0 Å². The predicted octanol–water partition coefficient (Wildman–Crippen LogP) is 3.53. The van der Waals surface area contributed by atoms with Gasteiger partial charge < -0.3 is 10.1 Å². The van der Waals surface area contributed by atoms with Crippen LogP contribution in [0.3, 0.4) is 0 Å². The fraction of sp³-hybridized carbons (Fsp3) is 0.368. The molecule has 13 heteroatoms. The number of piperidine rings is 1. The third-order valence-electron chi connectivity index (χ3n) is 4.84. The zero-order chi connectivity index (χ0) is 23.5. The van der Waals surface area contributed by atoms with Gasteiger partial charge in [0.2, 0.25) is 15.9 Å². The number of ether oxygens (including phenoxy) is 1. The number of nitrogens with zero attached hydrogens (tertiary/aromatic N) is 2. The number of nitro groups is 1. The van der Waals surface area contributed by atoms with E-state index in [1.54, 1.807) is 6.92 Å². The molecule has 0 bridgehead atoms. The molecular weight excluding hydrogens is 482 g/mol. The monoisotopic (exact) mass is 501 g/mol. The van der Waals surface area contributed by atoms with Crippen LogP contribution in [0.1, 0.15) is 30.1 Å². The summed E-state index contributed by atoms with van der Waals surface area (Å²) in [5.41, 5.74) is -0.113. The molecule has 1 aromatic carbocycles. The van der Waals surface area contributed by atoms with E-state index < -0.39 is 32.7 Å². The van der Waals surface area contributed by atoms with Crippen molar-refractivity contribution < 1.29 is 27.7 Å². The molecular formula is C19H20ClN3O7S2. The van der Waals surface area contributed by atoms with Gasteiger partial charge in [0.25, 0.3) is 0 Å². The molecule has 172 valence electrons. The second kappa shape index (κ2) is 9.94. The van der Waals surface area contributed by atoms with Crippen LogP contribution >= 0.6 is 22.9 Å². The number of nitrogens with one attached hydrogen (secondary N) is 1. The van der Waals surface area contributed by atoms with Crippen molar-refractivity contribution in [2.45, 2.75) is 24.7 Å². The molecule has 0 saturated carbocycles. The molecule has 32 heavy (non-hydrogen) atoms. The summed E-state index contributed by atoms with van der Waals surface area (Å²) in [5, 5.41) is 13.7. The SMILES string of the molecule is CCOC(=O)c1cc([N+](=O)[O-])sc1NC(=O)C1CCCN(S(=O)(=O)c2ccc(Cl)cc2)C1. The van der Waals surface area contributed by atoms with Crippen molar-refractivity contribution in [3.63, 3.8) is 0 Å². The van der Waals surface area contributed by atoms with Crippen LogP contribution in [0.5, 0.6) is 0 Å². The summed E-state index contributed by atoms with van der Waals surface area (Å²) in [4.78, 5) is 35.5. The Kier molecular flexibility index (Phi) is 7.49. The molecule has 0 aliphatic carbocycles. The fourth-order valence-corrected chi connectivity index (χ4v) is 5.78. The lowest BCUT2D eigenvalue weighted by Crippen LogP contribution is -2.43. The van der Waals surface area contributed by atoms with Gasteiger partial charge in [-0.05, 0) is 55.4 Å². The number of sulfonamides is 1. The molecule has 2 aromatic rings. The summed E-state index contributed by atoms with van der Waals surface area (Å²) in [6.07, 6.45) is 0.890. The third-order valence-corrected chi connectivity index (χ3v) is 7.97. The summed E-state index contributed by atoms with van der Waals surface area (Å²) in [5.74, 6) is -2.01. The maximum absolute atomic E-state index is 12.9. The van der Waals surface area contributed by atoms with E-state index in [1.807, 2.05) is 0 Å². The average Bonchev–Trinajstić information content (AvgIpc) is 3.18. The van der Waals surface area contributed by atoms with Crippen molar-refractivity contribution in [1.29, 1.82) is 0 Å². The molecule has 0 radical (unpaired) electrons. The Labute approximate surface area is 193 Å². The highest BCUT2D eigenvalue weighted by atomic mass is 35.5. The Bertz CT molecular complexity index is 1130. The number of hydrogen-bond donors (Lipinski definition) is 1. The lowest BCUT2D eigenvalue weighted by Gasteiger charge is -2.31. The van der Waals surface area contributed by atoms with Gasteiger partial charge in [-0.1, -0.05) is 11.6 Å². The molecule has 1 amide bonds. The van der Waals surface area contributed by atoms with Crippen LogP contribution in [0.25, 0.3) is 0 Å². The smallest absolute Gasteiger partial charge is 0.341 e. The normalized spacial score (nSPS) is 17.0. The molecule has 1 aliphatic heterocycles. The van der Waals surface area contributed by atoms with Crippen molar-refractivity contribution in [3.05, 3.63) is 51.0 Å². The Morgan fingerprint density at radius 2 is 2.03 bits per heavy atom. The highest BCUT2D eigenvalue weighted by Crippen LogP contribution is 2.35. The number of halogens is 1. The Balaban J connectivity index is 1.78. The Morgan fingerprint density at radius 3 is 2.66 bits per heavy atom. The van der Waals surface area contributed by atoms with Gasteiger partial charge in [-0.25, -0.2) is 13.2 Å². The zero-order valence-corrected chi connectivity index (χ0v) is 19.3. The third kappa shape index (κ3) is 5.26. The number of carbonyl (C=O) groups excluding carboxylic acids is 2. The molecule has 1 aromatic heterocycles. The van der Waals surface area contributed by atoms with Crippen LogP contribution in [0.4, 0.5) is 10.0 Å². The van der Waals surface area contributed by atoms with Gasteiger partial charge in [0.05, 0.1) is 22.3 Å². The van der Waals surface area contributed by atoms with E-state index in [-0.39, 0.29) is 40.2 Å². The average molecular weight is 502 g/mol. The summed E-state index contributed by atoms with van der Waals surface area (Å²) < 4.78 is 32.0. The van der Waals surface area contributed by atoms with E-state index in [0.29, 0.717) is 29.2 Å². The molecule has 10 nitrogen and oxygen atoms in total. The number of carbonyl (C=O) groups is 2. The fourth-order valence-electron chi connectivity index (χ4n) is 3.27. The predicted molar refractivity (Wildman–Crippen MR) is 118 cm³/mol. The van der Waals surface area contributed by atoms with Crippen molar-refractivity contribution in [3.8, 4) is 0 Å². The van der Waals surface area contributed by atoms with E-state index in [1.165, 1.54) is 28.6 Å².